The van der Waals surface area contributed by atoms with Crippen LogP contribution in [0.3, 0.4) is 0 Å². The Morgan fingerprint density at radius 1 is 0.741 bits per heavy atom. The smallest absolute Gasteiger partial charge is 0.274 e. The second-order valence-electron chi connectivity index (χ2n) is 7.50. The number of rotatable bonds is 4. The monoisotopic (exact) mass is 364 g/mol. The van der Waals surface area contributed by atoms with Crippen LogP contribution in [0.4, 0.5) is 17.1 Å². The van der Waals surface area contributed by atoms with Crippen LogP contribution in [0.15, 0.2) is 42.6 Å². The van der Waals surface area contributed by atoms with Crippen LogP contribution >= 0.6 is 0 Å². The summed E-state index contributed by atoms with van der Waals surface area (Å²) in [6, 6.07) is 12.0. The molecule has 2 aliphatic heterocycles. The zero-order chi connectivity index (χ0) is 18.5. The van der Waals surface area contributed by atoms with Crippen LogP contribution < -0.4 is 15.1 Å². The molecular formula is C22H28N4O. The fourth-order valence-electron chi connectivity index (χ4n) is 3.96. The molecule has 5 heteroatoms. The van der Waals surface area contributed by atoms with Crippen molar-refractivity contribution in [3.8, 4) is 0 Å². The van der Waals surface area contributed by atoms with Gasteiger partial charge >= 0.3 is 0 Å². The molecule has 0 radical (unpaired) electrons. The van der Waals surface area contributed by atoms with Crippen molar-refractivity contribution in [2.45, 2.75) is 38.5 Å². The number of nitrogens with zero attached hydrogens (tertiary/aromatic N) is 3. The van der Waals surface area contributed by atoms with Crippen LogP contribution in [0.1, 0.15) is 49.0 Å². The van der Waals surface area contributed by atoms with Gasteiger partial charge in [0.05, 0.1) is 11.9 Å². The van der Waals surface area contributed by atoms with Gasteiger partial charge in [-0.2, -0.15) is 0 Å². The van der Waals surface area contributed by atoms with E-state index in [2.05, 4.69) is 32.2 Å². The Morgan fingerprint density at radius 3 is 1.85 bits per heavy atom. The minimum atomic E-state index is -0.161. The van der Waals surface area contributed by atoms with Crippen LogP contribution in [0.25, 0.3) is 0 Å². The summed E-state index contributed by atoms with van der Waals surface area (Å²) in [4.78, 5) is 21.6. The molecule has 142 valence electrons. The highest BCUT2D eigenvalue weighted by Crippen LogP contribution is 2.22. The van der Waals surface area contributed by atoms with Gasteiger partial charge < -0.3 is 15.1 Å². The molecule has 5 nitrogen and oxygen atoms in total. The number of aromatic nitrogens is 1. The lowest BCUT2D eigenvalue weighted by Gasteiger charge is -2.28. The van der Waals surface area contributed by atoms with Crippen molar-refractivity contribution in [2.75, 3.05) is 41.3 Å². The topological polar surface area (TPSA) is 48.5 Å². The first kappa shape index (κ1) is 17.8. The highest BCUT2D eigenvalue weighted by Gasteiger charge is 2.14. The summed E-state index contributed by atoms with van der Waals surface area (Å²) in [6.07, 6.45) is 9.44. The Balaban J connectivity index is 1.36. The molecule has 3 heterocycles. The molecule has 2 saturated heterocycles. The van der Waals surface area contributed by atoms with Crippen LogP contribution in [-0.2, 0) is 0 Å². The maximum Gasteiger partial charge on any atom is 0.274 e. The normalized spacial score (nSPS) is 17.6. The highest BCUT2D eigenvalue weighted by atomic mass is 16.1. The Hall–Kier alpha value is -2.56. The van der Waals surface area contributed by atoms with E-state index in [1.165, 1.54) is 44.2 Å². The summed E-state index contributed by atoms with van der Waals surface area (Å²) in [5.74, 6) is -0.161. The number of nitrogens with one attached hydrogen (secondary N) is 1. The lowest BCUT2D eigenvalue weighted by Crippen LogP contribution is -2.29. The van der Waals surface area contributed by atoms with Gasteiger partial charge in [-0.05, 0) is 74.9 Å². The van der Waals surface area contributed by atoms with Gasteiger partial charge in [-0.1, -0.05) is 0 Å². The second kappa shape index (κ2) is 8.42. The SMILES string of the molecule is O=C(Nc1ccc(N2CCCCC2)cc1)c1ccc(N2CCCCC2)cn1. The highest BCUT2D eigenvalue weighted by molar-refractivity contribution is 6.03. The molecule has 4 rings (SSSR count). The van der Waals surface area contributed by atoms with Crippen molar-refractivity contribution in [1.29, 1.82) is 0 Å². The van der Waals surface area contributed by atoms with Gasteiger partial charge in [0.25, 0.3) is 5.91 Å². The minimum absolute atomic E-state index is 0.161. The van der Waals surface area contributed by atoms with Crippen LogP contribution in [0.5, 0.6) is 0 Å². The zero-order valence-corrected chi connectivity index (χ0v) is 15.9. The molecule has 2 fully saturated rings. The molecule has 27 heavy (non-hydrogen) atoms. The van der Waals surface area contributed by atoms with Gasteiger partial charge in [0.1, 0.15) is 5.69 Å². The summed E-state index contributed by atoms with van der Waals surface area (Å²) in [5, 5.41) is 2.95. The Labute approximate surface area is 161 Å². The number of hydrogen-bond acceptors (Lipinski definition) is 4. The molecule has 0 saturated carbocycles. The Kier molecular flexibility index (Phi) is 5.56. The fraction of sp³-hybridized carbons (Fsp3) is 0.455. The molecule has 0 unspecified atom stereocenters. The molecule has 0 aliphatic carbocycles. The van der Waals surface area contributed by atoms with Crippen molar-refractivity contribution < 1.29 is 4.79 Å². The lowest BCUT2D eigenvalue weighted by atomic mass is 10.1. The third kappa shape index (κ3) is 4.41. The second-order valence-corrected chi connectivity index (χ2v) is 7.50. The van der Waals surface area contributed by atoms with Crippen LogP contribution in [-0.4, -0.2) is 37.1 Å². The van der Waals surface area contributed by atoms with E-state index in [4.69, 9.17) is 0 Å². The molecule has 0 spiro atoms. The maximum absolute atomic E-state index is 12.5. The molecule has 1 aromatic heterocycles. The lowest BCUT2D eigenvalue weighted by molar-refractivity contribution is 0.102. The summed E-state index contributed by atoms with van der Waals surface area (Å²) in [7, 11) is 0. The van der Waals surface area contributed by atoms with Crippen LogP contribution in [0.2, 0.25) is 0 Å². The summed E-state index contributed by atoms with van der Waals surface area (Å²) in [6.45, 7) is 4.41. The third-order valence-electron chi connectivity index (χ3n) is 5.55. The van der Waals surface area contributed by atoms with Crippen molar-refractivity contribution in [1.82, 2.24) is 4.98 Å². The number of benzene rings is 1. The van der Waals surface area contributed by atoms with E-state index in [-0.39, 0.29) is 5.91 Å². The molecule has 0 atom stereocenters. The Morgan fingerprint density at radius 2 is 1.30 bits per heavy atom. The molecular weight excluding hydrogens is 336 g/mol. The molecule has 1 aromatic carbocycles. The average molecular weight is 364 g/mol. The van der Waals surface area contributed by atoms with Gasteiger partial charge in [-0.15, -0.1) is 0 Å². The number of anilines is 3. The minimum Gasteiger partial charge on any atom is -0.372 e. The van der Waals surface area contributed by atoms with E-state index in [1.54, 1.807) is 0 Å². The quantitative estimate of drug-likeness (QED) is 0.878. The first-order valence-corrected chi connectivity index (χ1v) is 10.2. The number of pyridine rings is 1. The van der Waals surface area contributed by atoms with Crippen molar-refractivity contribution in [3.63, 3.8) is 0 Å². The molecule has 1 N–H and O–H groups in total. The van der Waals surface area contributed by atoms with Gasteiger partial charge in [-0.25, -0.2) is 4.98 Å². The van der Waals surface area contributed by atoms with Crippen molar-refractivity contribution in [2.24, 2.45) is 0 Å². The Bertz CT molecular complexity index is 745. The van der Waals surface area contributed by atoms with E-state index < -0.39 is 0 Å². The fourth-order valence-corrected chi connectivity index (χ4v) is 3.96. The standard InChI is InChI=1S/C22H28N4O/c27-22(21-12-11-20(17-23-21)26-15-5-2-6-16-26)24-18-7-9-19(10-8-18)25-13-3-1-4-14-25/h7-12,17H,1-6,13-16H2,(H,24,27). The number of amides is 1. The molecule has 2 aromatic rings. The van der Waals surface area contributed by atoms with Gasteiger partial charge in [0.2, 0.25) is 0 Å². The van der Waals surface area contributed by atoms with Crippen molar-refractivity contribution in [3.05, 3.63) is 48.3 Å². The van der Waals surface area contributed by atoms with E-state index in [0.717, 1.165) is 37.6 Å². The maximum atomic E-state index is 12.5. The van der Waals surface area contributed by atoms with E-state index in [9.17, 15) is 4.79 Å². The summed E-state index contributed by atoms with van der Waals surface area (Å²) < 4.78 is 0. The molecule has 1 amide bonds. The summed E-state index contributed by atoms with van der Waals surface area (Å²) >= 11 is 0. The number of piperidine rings is 2. The van der Waals surface area contributed by atoms with Crippen LogP contribution in [0, 0.1) is 0 Å². The predicted molar refractivity (Wildman–Crippen MR) is 111 cm³/mol. The average Bonchev–Trinajstić information content (AvgIpc) is 2.76. The number of carbonyl (C=O) groups excluding carboxylic acids is 1. The first-order chi connectivity index (χ1) is 13.3. The first-order valence-electron chi connectivity index (χ1n) is 10.2. The van der Waals surface area contributed by atoms with E-state index in [0.29, 0.717) is 5.69 Å². The largest absolute Gasteiger partial charge is 0.372 e. The van der Waals surface area contributed by atoms with E-state index >= 15 is 0 Å². The van der Waals surface area contributed by atoms with E-state index in [1.807, 2.05) is 30.5 Å². The molecule has 0 bridgehead atoms. The number of hydrogen-bond donors (Lipinski definition) is 1. The molecule has 2 aliphatic rings. The van der Waals surface area contributed by atoms with Gasteiger partial charge in [-0.3, -0.25) is 4.79 Å². The number of carbonyl (C=O) groups is 1. The summed E-state index contributed by atoms with van der Waals surface area (Å²) in [5.41, 5.74) is 3.60. The van der Waals surface area contributed by atoms with Crippen molar-refractivity contribution >= 4 is 23.0 Å². The van der Waals surface area contributed by atoms with Gasteiger partial charge in [0, 0.05) is 37.6 Å². The zero-order valence-electron chi connectivity index (χ0n) is 15.9. The predicted octanol–water partition coefficient (Wildman–Crippen LogP) is 4.31. The van der Waals surface area contributed by atoms with Gasteiger partial charge in [0.15, 0.2) is 0 Å². The third-order valence-corrected chi connectivity index (χ3v) is 5.55.